The van der Waals surface area contributed by atoms with Gasteiger partial charge in [0.15, 0.2) is 23.5 Å². The van der Waals surface area contributed by atoms with Crippen molar-refractivity contribution < 1.29 is 58.2 Å². The van der Waals surface area contributed by atoms with Gasteiger partial charge in [0.25, 0.3) is 0 Å². The number of carbonyl (C=O) groups excluding carboxylic acids is 9. The summed E-state index contributed by atoms with van der Waals surface area (Å²) in [5, 5.41) is 31.2. The van der Waals surface area contributed by atoms with E-state index in [0.29, 0.717) is 50.0 Å². The molecule has 26 heteroatoms. The summed E-state index contributed by atoms with van der Waals surface area (Å²) in [6.45, 7) is 11.3. The van der Waals surface area contributed by atoms with Crippen molar-refractivity contribution in [3.63, 3.8) is 0 Å². The average molecular weight is 1180 g/mol. The van der Waals surface area contributed by atoms with Crippen LogP contribution in [0.1, 0.15) is 143 Å². The number of nitrogens with zero attached hydrogens (tertiary/aromatic N) is 5. The Morgan fingerprint density at radius 2 is 1.31 bits per heavy atom. The third-order valence-electron chi connectivity index (χ3n) is 15.0. The zero-order valence-electron chi connectivity index (χ0n) is 49.5. The molecule has 0 bridgehead atoms. The second kappa shape index (κ2) is 34.6. The van der Waals surface area contributed by atoms with Gasteiger partial charge in [-0.25, -0.2) is 0 Å². The molecule has 0 saturated carbocycles. The van der Waals surface area contributed by atoms with E-state index in [0.717, 1.165) is 0 Å². The van der Waals surface area contributed by atoms with Gasteiger partial charge in [0.2, 0.25) is 41.4 Å². The summed E-state index contributed by atoms with van der Waals surface area (Å²) in [6, 6.07) is -0.431. The molecule has 0 radical (unpaired) electrons. The second-order valence-electron chi connectivity index (χ2n) is 23.2. The topological polar surface area (TPSA) is 398 Å². The summed E-state index contributed by atoms with van der Waals surface area (Å²) in [7, 11) is 1.46. The normalized spacial score (nSPS) is 17.2. The van der Waals surface area contributed by atoms with Gasteiger partial charge < -0.3 is 69.1 Å². The molecule has 0 aliphatic carbocycles. The lowest BCUT2D eigenvalue weighted by Crippen LogP contribution is -2.58. The predicted octanol–water partition coefficient (Wildman–Crippen LogP) is 1.26. The van der Waals surface area contributed by atoms with E-state index in [1.807, 2.05) is 13.8 Å². The van der Waals surface area contributed by atoms with Crippen LogP contribution in [0, 0.1) is 23.2 Å². The number of likely N-dealkylation sites (tertiary alicyclic amines) is 2. The Labute approximate surface area is 493 Å². The number of carboxylic acid groups (broad SMARTS) is 1. The summed E-state index contributed by atoms with van der Waals surface area (Å²) in [4.78, 5) is 150. The largest absolute Gasteiger partial charge is 0.508 e. The van der Waals surface area contributed by atoms with Gasteiger partial charge >= 0.3 is 5.97 Å². The van der Waals surface area contributed by atoms with E-state index in [-0.39, 0.29) is 113 Å². The lowest BCUT2D eigenvalue weighted by Gasteiger charge is -2.36. The van der Waals surface area contributed by atoms with Crippen molar-refractivity contribution in [1.29, 1.82) is 0 Å². The van der Waals surface area contributed by atoms with Crippen molar-refractivity contribution in [2.45, 2.75) is 181 Å². The maximum absolute atomic E-state index is 14.9. The van der Waals surface area contributed by atoms with Crippen LogP contribution in [0.4, 0.5) is 0 Å². The van der Waals surface area contributed by atoms with Crippen LogP contribution >= 0.6 is 12.6 Å². The molecule has 464 valence electrons. The quantitative estimate of drug-likeness (QED) is 0.0197. The molecule has 0 aromatic heterocycles. The van der Waals surface area contributed by atoms with Gasteiger partial charge in [-0.3, -0.25) is 57.9 Å². The lowest BCUT2D eigenvalue weighted by atomic mass is 9.76. The fraction of sp³-hybridized carbons (Fsp3) is 0.684. The van der Waals surface area contributed by atoms with Crippen LogP contribution in [-0.2, 0) is 54.4 Å². The molecule has 2 fully saturated rings. The van der Waals surface area contributed by atoms with E-state index in [2.05, 4.69) is 43.9 Å². The zero-order valence-corrected chi connectivity index (χ0v) is 50.4. The van der Waals surface area contributed by atoms with Crippen molar-refractivity contribution in [3.8, 4) is 5.75 Å². The highest BCUT2D eigenvalue weighted by molar-refractivity contribution is 7.80. The minimum atomic E-state index is -1.24. The number of nitrogens with two attached hydrogens (primary N) is 4. The number of amides is 7. The Morgan fingerprint density at radius 1 is 0.747 bits per heavy atom. The molecule has 14 N–H and O–H groups in total. The Bertz CT molecular complexity index is 2440. The van der Waals surface area contributed by atoms with Crippen molar-refractivity contribution in [2.24, 2.45) is 56.1 Å². The number of thiol groups is 1. The highest BCUT2D eigenvalue weighted by Crippen LogP contribution is 2.32. The minimum absolute atomic E-state index is 0.0137. The van der Waals surface area contributed by atoms with Crippen LogP contribution in [-0.4, -0.2) is 177 Å². The first-order valence-electron chi connectivity index (χ1n) is 28.9. The fourth-order valence-electron chi connectivity index (χ4n) is 10.6. The molecule has 8 atom stereocenters. The van der Waals surface area contributed by atoms with Crippen molar-refractivity contribution in [1.82, 2.24) is 36.0 Å². The number of nitrogens with one attached hydrogen (secondary N) is 4. The number of unbranched alkanes of at least 4 members (excludes halogenated alkanes) is 1. The molecule has 0 spiro atoms. The molecule has 2 heterocycles. The van der Waals surface area contributed by atoms with Crippen molar-refractivity contribution in [3.05, 3.63) is 29.8 Å². The van der Waals surface area contributed by atoms with E-state index < -0.39 is 119 Å². The number of Topliss-reactive ketones (excluding diaryl/α,β-unsaturated/α-hetero) is 2. The number of carboxylic acids is 1. The summed E-state index contributed by atoms with van der Waals surface area (Å²) >= 11 is 4.08. The van der Waals surface area contributed by atoms with Crippen LogP contribution in [0.2, 0.25) is 0 Å². The fourth-order valence-corrected chi connectivity index (χ4v) is 10.8. The molecule has 1 aromatic carbocycles. The number of carbonyl (C=O) groups is 10. The Morgan fingerprint density at radius 3 is 1.87 bits per heavy atom. The molecule has 83 heavy (non-hydrogen) atoms. The number of hydrogen-bond acceptors (Lipinski definition) is 14. The minimum Gasteiger partial charge on any atom is -0.508 e. The van der Waals surface area contributed by atoms with E-state index in [1.165, 1.54) is 40.8 Å². The van der Waals surface area contributed by atoms with Crippen LogP contribution in [0.3, 0.4) is 0 Å². The first-order chi connectivity index (χ1) is 39.0. The summed E-state index contributed by atoms with van der Waals surface area (Å²) < 4.78 is 0. The van der Waals surface area contributed by atoms with Gasteiger partial charge in [-0.2, -0.15) is 12.6 Å². The smallest absolute Gasteiger partial charge is 0.307 e. The molecule has 7 amide bonds. The van der Waals surface area contributed by atoms with Gasteiger partial charge in [0.1, 0.15) is 29.9 Å². The zero-order chi connectivity index (χ0) is 62.1. The number of rotatable bonds is 35. The number of phenols is 1. The Balaban J connectivity index is 1.88. The monoisotopic (exact) mass is 1180 g/mol. The highest BCUT2D eigenvalue weighted by atomic mass is 32.1. The van der Waals surface area contributed by atoms with Gasteiger partial charge in [0, 0.05) is 71.9 Å². The number of ketones is 2. The summed E-state index contributed by atoms with van der Waals surface area (Å²) in [5.41, 5.74) is 22.0. The first kappa shape index (κ1) is 70.3. The maximum atomic E-state index is 14.9. The number of likely N-dealkylation sites (N-methyl/N-ethyl adjacent to an activating group) is 1. The van der Waals surface area contributed by atoms with Crippen LogP contribution < -0.4 is 44.2 Å². The molecule has 0 unspecified atom stereocenters. The van der Waals surface area contributed by atoms with Crippen molar-refractivity contribution >= 4 is 83.4 Å². The van der Waals surface area contributed by atoms with Crippen LogP contribution in [0.15, 0.2) is 34.3 Å². The average Bonchev–Trinajstić information content (AvgIpc) is 4.29. The Kier molecular flexibility index (Phi) is 29.3. The van der Waals surface area contributed by atoms with E-state index in [9.17, 15) is 58.2 Å². The molecule has 2 aliphatic heterocycles. The number of benzene rings is 1. The van der Waals surface area contributed by atoms with Gasteiger partial charge in [0.05, 0.1) is 18.0 Å². The summed E-state index contributed by atoms with van der Waals surface area (Å²) in [6.07, 6.45) is 2.93. The van der Waals surface area contributed by atoms with Gasteiger partial charge in [-0.15, -0.1) is 0 Å². The molecule has 2 saturated heterocycles. The molecule has 2 aliphatic rings. The number of aromatic hydroxyl groups is 1. The van der Waals surface area contributed by atoms with Crippen molar-refractivity contribution in [2.75, 3.05) is 45.5 Å². The SMILES string of the molecule is CC(=O)N[C@@H](CCCCNC(=O)CCS)C(=O)N1CCC[C@H]1C(=O)N[C@@H](CC(C)C)C(=O)N1CCC[C@H]1C(=O)N(C)[C@@H](CCCN=C(N)N)C(=O)C[C@H](C(=O)N[C@@H](CCCN=C(N)N)C(=O)C[C@@H](Cc1ccc(O)cc1)C(=O)O)C(C)(C)C. The van der Waals surface area contributed by atoms with Crippen LogP contribution in [0.5, 0.6) is 5.75 Å². The number of hydrogen-bond donors (Lipinski definition) is 11. The van der Waals surface area contributed by atoms with E-state index >= 15 is 0 Å². The molecular formula is C57H93N13O12S. The number of aliphatic imine (C=N–C) groups is 2. The first-order valence-corrected chi connectivity index (χ1v) is 29.5. The highest BCUT2D eigenvalue weighted by Gasteiger charge is 2.45. The molecule has 25 nitrogen and oxygen atoms in total. The maximum Gasteiger partial charge on any atom is 0.307 e. The molecule has 1 aromatic rings. The standard InChI is InChI=1S/C57H93N13O12S/c1-34(2)30-42(67-50(77)44-17-12-27-69(44)51(78)41(65-35(3)71)14-8-9-24-62-48(75)23-29-83)52(79)70-28-13-18-45(70)53(80)68(7)43(16-11-26-64-56(60)61)47(74)33-39(57(4,5)6)49(76)66-40(15-10-25-63-55(58)59)46(73)32-37(54(81)82)31-36-19-21-38(72)22-20-36/h19-22,34,37,39-45,72,83H,8-18,23-33H2,1-7H3,(H,62,75)(H,65,71)(H,66,76)(H,67,77)(H,81,82)(H4,58,59,63)(H4,60,61,64)/t37-,39-,40+,41+,42+,43+,44+,45+/m1/s1. The number of aliphatic carboxylic acids is 1. The second-order valence-corrected chi connectivity index (χ2v) is 23.7. The van der Waals surface area contributed by atoms with Gasteiger partial charge in [-0.05, 0) is 118 Å². The third-order valence-corrected chi connectivity index (χ3v) is 15.2. The number of guanidine groups is 2. The summed E-state index contributed by atoms with van der Waals surface area (Å²) in [5.74, 6) is -7.92. The molecular weight excluding hydrogens is 1090 g/mol. The van der Waals surface area contributed by atoms with Gasteiger partial charge in [-0.1, -0.05) is 46.8 Å². The third kappa shape index (κ3) is 23.7. The number of phenolic OH excluding ortho intramolecular Hbond substituents is 1. The molecule has 3 rings (SSSR count). The van der Waals surface area contributed by atoms with E-state index in [1.54, 1.807) is 32.9 Å². The lowest BCUT2D eigenvalue weighted by molar-refractivity contribution is -0.149. The predicted molar refractivity (Wildman–Crippen MR) is 317 cm³/mol. The van der Waals surface area contributed by atoms with Crippen LogP contribution in [0.25, 0.3) is 0 Å². The Hall–Kier alpha value is -6.99. The van der Waals surface area contributed by atoms with E-state index in [4.69, 9.17) is 22.9 Å².